The minimum atomic E-state index is -0.689. The van der Waals surface area contributed by atoms with Crippen LogP contribution in [0, 0.1) is 0 Å². The Hall–Kier alpha value is -2.67. The van der Waals surface area contributed by atoms with Crippen molar-refractivity contribution in [1.29, 1.82) is 0 Å². The summed E-state index contributed by atoms with van der Waals surface area (Å²) in [4.78, 5) is 29.9. The second-order valence-electron chi connectivity index (χ2n) is 5.88. The second kappa shape index (κ2) is 7.39. The first-order valence-corrected chi connectivity index (χ1v) is 9.76. The minimum absolute atomic E-state index is 0.134. The average molecular weight is 431 g/mol. The molecule has 0 fully saturated rings. The molecule has 4 rings (SSSR count). The van der Waals surface area contributed by atoms with Crippen LogP contribution >= 0.6 is 34.5 Å². The number of rotatable bonds is 3. The van der Waals surface area contributed by atoms with Crippen LogP contribution in [0.4, 0.5) is 0 Å². The van der Waals surface area contributed by atoms with Crippen LogP contribution in [-0.2, 0) is 6.54 Å². The van der Waals surface area contributed by atoms with Gasteiger partial charge in [-0.25, -0.2) is 0 Å². The predicted molar refractivity (Wildman–Crippen MR) is 112 cm³/mol. The van der Waals surface area contributed by atoms with Crippen molar-refractivity contribution in [2.75, 3.05) is 0 Å². The fourth-order valence-electron chi connectivity index (χ4n) is 2.86. The van der Waals surface area contributed by atoms with E-state index in [1.807, 2.05) is 6.07 Å². The van der Waals surface area contributed by atoms with E-state index in [9.17, 15) is 9.59 Å². The van der Waals surface area contributed by atoms with E-state index in [1.165, 1.54) is 11.3 Å². The first-order chi connectivity index (χ1) is 13.5. The van der Waals surface area contributed by atoms with Crippen LogP contribution < -0.4 is 10.2 Å². The molecule has 0 aliphatic carbocycles. The average Bonchev–Trinajstić information content (AvgIpc) is 3.03. The number of hydrogen-bond acceptors (Lipinski definition) is 4. The molecule has 0 N–H and O–H groups in total. The van der Waals surface area contributed by atoms with E-state index in [2.05, 4.69) is 11.6 Å². The Morgan fingerprint density at radius 2 is 2.04 bits per heavy atom. The van der Waals surface area contributed by atoms with Crippen LogP contribution in [0.3, 0.4) is 0 Å². The van der Waals surface area contributed by atoms with E-state index in [0.717, 1.165) is 11.0 Å². The molecule has 0 atom stereocenters. The normalized spacial score (nSPS) is 12.0. The zero-order valence-electron chi connectivity index (χ0n) is 14.3. The summed E-state index contributed by atoms with van der Waals surface area (Å²) in [6.45, 7) is 4.11. The standard InChI is InChI=1S/C20H12Cl2N2O3S/c1-2-9-24-17-15(8-7-13(21)16(17)22)28-20(24)23-19(26)12-10-27-14-6-4-3-5-11(14)18(12)25/h2-8,10H,1,9H2. The summed E-state index contributed by atoms with van der Waals surface area (Å²) >= 11 is 13.8. The van der Waals surface area contributed by atoms with Gasteiger partial charge in [0.15, 0.2) is 4.80 Å². The predicted octanol–water partition coefficient (Wildman–Crippen LogP) is 5.04. The highest BCUT2D eigenvalue weighted by atomic mass is 35.5. The summed E-state index contributed by atoms with van der Waals surface area (Å²) in [5, 5.41) is 1.10. The fraction of sp³-hybridized carbons (Fsp3) is 0.0500. The van der Waals surface area contributed by atoms with E-state index in [1.54, 1.807) is 41.0 Å². The molecule has 2 aromatic heterocycles. The van der Waals surface area contributed by atoms with Gasteiger partial charge in [0, 0.05) is 6.54 Å². The molecule has 1 amide bonds. The number of benzene rings is 2. The number of amides is 1. The SMILES string of the molecule is C=CCn1c(=NC(=O)c2coc3ccccc3c2=O)sc2ccc(Cl)c(Cl)c21. The van der Waals surface area contributed by atoms with Gasteiger partial charge in [-0.1, -0.05) is 52.7 Å². The lowest BCUT2D eigenvalue weighted by atomic mass is 10.2. The maximum Gasteiger partial charge on any atom is 0.286 e. The maximum absolute atomic E-state index is 12.7. The third-order valence-corrected chi connectivity index (χ3v) is 5.99. The van der Waals surface area contributed by atoms with Gasteiger partial charge in [-0.3, -0.25) is 9.59 Å². The molecular weight excluding hydrogens is 419 g/mol. The van der Waals surface area contributed by atoms with Crippen molar-refractivity contribution in [3.63, 3.8) is 0 Å². The topological polar surface area (TPSA) is 64.6 Å². The summed E-state index contributed by atoms with van der Waals surface area (Å²) in [6, 6.07) is 10.2. The lowest BCUT2D eigenvalue weighted by Crippen LogP contribution is -2.19. The Morgan fingerprint density at radius 3 is 2.82 bits per heavy atom. The summed E-state index contributed by atoms with van der Waals surface area (Å²) in [7, 11) is 0. The first kappa shape index (κ1) is 18.7. The number of nitrogens with zero attached hydrogens (tertiary/aromatic N) is 2. The fourth-order valence-corrected chi connectivity index (χ4v) is 4.38. The van der Waals surface area contributed by atoms with Gasteiger partial charge in [-0.15, -0.1) is 6.58 Å². The second-order valence-corrected chi connectivity index (χ2v) is 7.68. The van der Waals surface area contributed by atoms with Gasteiger partial charge in [0.2, 0.25) is 5.43 Å². The van der Waals surface area contributed by atoms with Crippen molar-refractivity contribution in [2.24, 2.45) is 4.99 Å². The number of hydrogen-bond donors (Lipinski definition) is 0. The number of carbonyl (C=O) groups is 1. The molecule has 0 radical (unpaired) electrons. The molecule has 0 saturated carbocycles. The molecule has 28 heavy (non-hydrogen) atoms. The quantitative estimate of drug-likeness (QED) is 0.427. The molecule has 0 spiro atoms. The molecule has 4 aromatic rings. The van der Waals surface area contributed by atoms with E-state index in [-0.39, 0.29) is 5.56 Å². The molecular formula is C20H12Cl2N2O3S. The summed E-state index contributed by atoms with van der Waals surface area (Å²) in [6.07, 6.45) is 2.81. The van der Waals surface area contributed by atoms with Crippen molar-refractivity contribution in [3.8, 4) is 0 Å². The number of carbonyl (C=O) groups excluding carboxylic acids is 1. The summed E-state index contributed by atoms with van der Waals surface area (Å²) in [5.74, 6) is -0.689. The highest BCUT2D eigenvalue weighted by Crippen LogP contribution is 2.32. The highest BCUT2D eigenvalue weighted by molar-refractivity contribution is 7.16. The number of para-hydroxylation sites is 1. The minimum Gasteiger partial charge on any atom is -0.463 e. The Kier molecular flexibility index (Phi) is 4.93. The maximum atomic E-state index is 12.7. The lowest BCUT2D eigenvalue weighted by Gasteiger charge is -2.04. The van der Waals surface area contributed by atoms with E-state index >= 15 is 0 Å². The monoisotopic (exact) mass is 430 g/mol. The van der Waals surface area contributed by atoms with Crippen LogP contribution in [0.2, 0.25) is 10.0 Å². The van der Waals surface area contributed by atoms with Crippen molar-refractivity contribution < 1.29 is 9.21 Å². The van der Waals surface area contributed by atoms with Crippen molar-refractivity contribution in [1.82, 2.24) is 4.57 Å². The van der Waals surface area contributed by atoms with Gasteiger partial charge in [0.1, 0.15) is 17.4 Å². The molecule has 0 bridgehead atoms. The Morgan fingerprint density at radius 1 is 1.25 bits per heavy atom. The van der Waals surface area contributed by atoms with Crippen LogP contribution in [0.15, 0.2) is 69.5 Å². The zero-order valence-corrected chi connectivity index (χ0v) is 16.6. The number of thiazole rings is 1. The molecule has 2 heterocycles. The Labute approximate surface area is 172 Å². The van der Waals surface area contributed by atoms with Crippen molar-refractivity contribution >= 4 is 61.6 Å². The van der Waals surface area contributed by atoms with Crippen LogP contribution in [0.25, 0.3) is 21.2 Å². The molecule has 2 aromatic carbocycles. The molecule has 5 nitrogen and oxygen atoms in total. The van der Waals surface area contributed by atoms with Crippen molar-refractivity contribution in [2.45, 2.75) is 6.54 Å². The molecule has 8 heteroatoms. The Balaban J connectivity index is 1.93. The molecule has 0 aliphatic heterocycles. The Bertz CT molecular complexity index is 1380. The summed E-state index contributed by atoms with van der Waals surface area (Å²) in [5.41, 5.74) is 0.517. The summed E-state index contributed by atoms with van der Waals surface area (Å²) < 4.78 is 7.97. The van der Waals surface area contributed by atoms with E-state index in [4.69, 9.17) is 27.6 Å². The lowest BCUT2D eigenvalue weighted by molar-refractivity contribution is 0.0995. The third kappa shape index (κ3) is 3.09. The first-order valence-electron chi connectivity index (χ1n) is 8.19. The van der Waals surface area contributed by atoms with Gasteiger partial charge in [0.05, 0.1) is 25.6 Å². The smallest absolute Gasteiger partial charge is 0.286 e. The van der Waals surface area contributed by atoms with E-state index in [0.29, 0.717) is 37.9 Å². The number of allylic oxidation sites excluding steroid dienone is 1. The number of fused-ring (bicyclic) bond motifs is 2. The largest absolute Gasteiger partial charge is 0.463 e. The van der Waals surface area contributed by atoms with Gasteiger partial charge >= 0.3 is 0 Å². The van der Waals surface area contributed by atoms with Gasteiger partial charge in [0.25, 0.3) is 5.91 Å². The van der Waals surface area contributed by atoms with Crippen LogP contribution in [0.1, 0.15) is 10.4 Å². The van der Waals surface area contributed by atoms with Gasteiger partial charge < -0.3 is 8.98 Å². The van der Waals surface area contributed by atoms with Crippen LogP contribution in [0.5, 0.6) is 0 Å². The molecule has 0 aliphatic rings. The highest BCUT2D eigenvalue weighted by Gasteiger charge is 2.16. The van der Waals surface area contributed by atoms with Crippen LogP contribution in [-0.4, -0.2) is 10.5 Å². The number of aromatic nitrogens is 1. The molecule has 0 unspecified atom stereocenters. The van der Waals surface area contributed by atoms with Crippen molar-refractivity contribution in [3.05, 3.63) is 85.9 Å². The molecule has 140 valence electrons. The third-order valence-electron chi connectivity index (χ3n) is 4.15. The van der Waals surface area contributed by atoms with Gasteiger partial charge in [-0.05, 0) is 24.3 Å². The van der Waals surface area contributed by atoms with E-state index < -0.39 is 11.3 Å². The van der Waals surface area contributed by atoms with Gasteiger partial charge in [-0.2, -0.15) is 4.99 Å². The zero-order chi connectivity index (χ0) is 19.8. The number of halogens is 2. The molecule has 0 saturated heterocycles.